The molecule has 1 aliphatic heterocycles. The standard InChI is InChI=1S/C26H28ClNO5/c1-26(2)13-19-23(20(29)14-26)18(12-22(30)28(19)16-8-6-7-15(27)11-16)17-9-10-21(31-3)25(33-5)24(17)32-4/h6-11,18H,12-14H2,1-5H3/t18-/m1/s1. The van der Waals surface area contributed by atoms with Crippen molar-refractivity contribution in [3.05, 3.63) is 58.3 Å². The van der Waals surface area contributed by atoms with E-state index in [1.807, 2.05) is 18.2 Å². The first-order valence-electron chi connectivity index (χ1n) is 10.8. The number of benzene rings is 2. The second kappa shape index (κ2) is 8.75. The molecule has 1 amide bonds. The third-order valence-electron chi connectivity index (χ3n) is 6.32. The van der Waals surface area contributed by atoms with E-state index < -0.39 is 5.92 Å². The van der Waals surface area contributed by atoms with E-state index in [1.165, 1.54) is 7.11 Å². The number of halogens is 1. The molecular weight excluding hydrogens is 442 g/mol. The number of ketones is 1. The number of hydrogen-bond acceptors (Lipinski definition) is 5. The molecule has 2 aliphatic rings. The Morgan fingerprint density at radius 2 is 1.70 bits per heavy atom. The van der Waals surface area contributed by atoms with Crippen molar-refractivity contribution in [3.63, 3.8) is 0 Å². The zero-order valence-corrected chi connectivity index (χ0v) is 20.3. The molecule has 0 fully saturated rings. The molecule has 174 valence electrons. The van der Waals surface area contributed by atoms with Gasteiger partial charge in [0.25, 0.3) is 0 Å². The van der Waals surface area contributed by atoms with Crippen molar-refractivity contribution in [3.8, 4) is 17.2 Å². The summed E-state index contributed by atoms with van der Waals surface area (Å²) < 4.78 is 16.7. The lowest BCUT2D eigenvalue weighted by molar-refractivity contribution is -0.121. The van der Waals surface area contributed by atoms with E-state index in [0.29, 0.717) is 46.4 Å². The van der Waals surface area contributed by atoms with Gasteiger partial charge in [-0.05, 0) is 36.1 Å². The van der Waals surface area contributed by atoms with Crippen LogP contribution in [0.25, 0.3) is 0 Å². The summed E-state index contributed by atoms with van der Waals surface area (Å²) in [5, 5.41) is 0.535. The summed E-state index contributed by atoms with van der Waals surface area (Å²) in [6.07, 6.45) is 1.14. The topological polar surface area (TPSA) is 65.1 Å². The lowest BCUT2D eigenvalue weighted by atomic mass is 9.69. The maximum absolute atomic E-state index is 13.6. The quantitative estimate of drug-likeness (QED) is 0.576. The normalized spacial score (nSPS) is 19.9. The Bertz CT molecular complexity index is 1150. The van der Waals surface area contributed by atoms with Gasteiger partial charge in [0.2, 0.25) is 11.7 Å². The summed E-state index contributed by atoms with van der Waals surface area (Å²) in [6, 6.07) is 10.8. The number of allylic oxidation sites excluding steroid dienone is 2. The highest BCUT2D eigenvalue weighted by Gasteiger charge is 2.45. The number of ether oxygens (including phenoxy) is 3. The molecule has 1 heterocycles. The number of carbonyl (C=O) groups is 2. The minimum Gasteiger partial charge on any atom is -0.493 e. The number of rotatable bonds is 5. The maximum atomic E-state index is 13.6. The first kappa shape index (κ1) is 23.2. The predicted molar refractivity (Wildman–Crippen MR) is 127 cm³/mol. The molecule has 0 bridgehead atoms. The van der Waals surface area contributed by atoms with Gasteiger partial charge in [0.1, 0.15) is 0 Å². The van der Waals surface area contributed by atoms with Crippen LogP contribution in [0.2, 0.25) is 5.02 Å². The van der Waals surface area contributed by atoms with E-state index in [1.54, 1.807) is 37.3 Å². The number of methoxy groups -OCH3 is 3. The third-order valence-corrected chi connectivity index (χ3v) is 6.55. The summed E-state index contributed by atoms with van der Waals surface area (Å²) >= 11 is 6.23. The summed E-state index contributed by atoms with van der Waals surface area (Å²) in [5.41, 5.74) is 2.52. The van der Waals surface area contributed by atoms with E-state index >= 15 is 0 Å². The number of Topliss-reactive ketones (excluding diaryl/α,β-unsaturated/α-hetero) is 1. The predicted octanol–water partition coefficient (Wildman–Crippen LogP) is 5.53. The highest BCUT2D eigenvalue weighted by molar-refractivity contribution is 6.31. The van der Waals surface area contributed by atoms with Gasteiger partial charge in [-0.1, -0.05) is 37.6 Å². The Balaban J connectivity index is 1.95. The van der Waals surface area contributed by atoms with Gasteiger partial charge < -0.3 is 14.2 Å². The molecule has 6 nitrogen and oxygen atoms in total. The molecule has 4 rings (SSSR count). The molecule has 33 heavy (non-hydrogen) atoms. The van der Waals surface area contributed by atoms with Gasteiger partial charge in [0.15, 0.2) is 17.3 Å². The molecule has 0 aromatic heterocycles. The first-order chi connectivity index (χ1) is 15.7. The Labute approximate surface area is 199 Å². The smallest absolute Gasteiger partial charge is 0.232 e. The third kappa shape index (κ3) is 4.08. The Morgan fingerprint density at radius 1 is 0.970 bits per heavy atom. The van der Waals surface area contributed by atoms with Crippen molar-refractivity contribution in [1.29, 1.82) is 0 Å². The molecule has 2 aromatic rings. The molecule has 1 aliphatic carbocycles. The maximum Gasteiger partial charge on any atom is 0.232 e. The number of hydrogen-bond donors (Lipinski definition) is 0. The zero-order chi connectivity index (χ0) is 23.9. The van der Waals surface area contributed by atoms with Gasteiger partial charge in [-0.3, -0.25) is 14.5 Å². The molecule has 0 unspecified atom stereocenters. The van der Waals surface area contributed by atoms with E-state index in [4.69, 9.17) is 25.8 Å². The number of amides is 1. The molecule has 0 saturated carbocycles. The van der Waals surface area contributed by atoms with Crippen LogP contribution in [-0.4, -0.2) is 33.0 Å². The minimum absolute atomic E-state index is 0.0441. The lowest BCUT2D eigenvalue weighted by Gasteiger charge is -2.43. The highest BCUT2D eigenvalue weighted by Crippen LogP contribution is 2.52. The fraction of sp³-hybridized carbons (Fsp3) is 0.385. The van der Waals surface area contributed by atoms with Crippen molar-refractivity contribution >= 4 is 29.0 Å². The van der Waals surface area contributed by atoms with E-state index in [0.717, 1.165) is 11.3 Å². The van der Waals surface area contributed by atoms with Crippen molar-refractivity contribution in [2.75, 3.05) is 26.2 Å². The Kier molecular flexibility index (Phi) is 6.14. The van der Waals surface area contributed by atoms with Crippen molar-refractivity contribution in [2.24, 2.45) is 5.41 Å². The average Bonchev–Trinajstić information content (AvgIpc) is 2.76. The summed E-state index contributed by atoms with van der Waals surface area (Å²) in [4.78, 5) is 28.8. The summed E-state index contributed by atoms with van der Waals surface area (Å²) in [7, 11) is 4.64. The fourth-order valence-electron chi connectivity index (χ4n) is 4.99. The molecule has 0 radical (unpaired) electrons. The highest BCUT2D eigenvalue weighted by atomic mass is 35.5. The van der Waals surface area contributed by atoms with E-state index in [-0.39, 0.29) is 23.5 Å². The van der Waals surface area contributed by atoms with Gasteiger partial charge in [-0.15, -0.1) is 0 Å². The van der Waals surface area contributed by atoms with Crippen LogP contribution in [0.1, 0.15) is 44.6 Å². The van der Waals surface area contributed by atoms with Crippen molar-refractivity contribution in [1.82, 2.24) is 0 Å². The zero-order valence-electron chi connectivity index (χ0n) is 19.5. The molecule has 1 atom stereocenters. The SMILES string of the molecule is COc1ccc([C@H]2CC(=O)N(c3cccc(Cl)c3)C3=C2C(=O)CC(C)(C)C3)c(OC)c1OC. The van der Waals surface area contributed by atoms with Crippen LogP contribution < -0.4 is 19.1 Å². The van der Waals surface area contributed by atoms with Crippen LogP contribution in [0.15, 0.2) is 47.7 Å². The number of nitrogens with zero attached hydrogens (tertiary/aromatic N) is 1. The van der Waals surface area contributed by atoms with Gasteiger partial charge in [0.05, 0.1) is 27.0 Å². The van der Waals surface area contributed by atoms with Crippen LogP contribution in [0, 0.1) is 5.41 Å². The largest absolute Gasteiger partial charge is 0.493 e. The Morgan fingerprint density at radius 3 is 2.33 bits per heavy atom. The van der Waals surface area contributed by atoms with Crippen molar-refractivity contribution in [2.45, 2.75) is 39.0 Å². The second-order valence-corrected chi connectivity index (χ2v) is 9.63. The molecule has 2 aromatic carbocycles. The van der Waals surface area contributed by atoms with Crippen LogP contribution in [-0.2, 0) is 9.59 Å². The monoisotopic (exact) mass is 469 g/mol. The number of carbonyl (C=O) groups excluding carboxylic acids is 2. The fourth-order valence-corrected chi connectivity index (χ4v) is 5.18. The minimum atomic E-state index is -0.443. The van der Waals surface area contributed by atoms with Gasteiger partial charge in [-0.25, -0.2) is 0 Å². The van der Waals surface area contributed by atoms with Crippen molar-refractivity contribution < 1.29 is 23.8 Å². The molecular formula is C26H28ClNO5. The van der Waals surface area contributed by atoms with Crippen LogP contribution >= 0.6 is 11.6 Å². The molecule has 7 heteroatoms. The van der Waals surface area contributed by atoms with Crippen LogP contribution in [0.3, 0.4) is 0 Å². The van der Waals surface area contributed by atoms with E-state index in [9.17, 15) is 9.59 Å². The van der Waals surface area contributed by atoms with Crippen LogP contribution in [0.5, 0.6) is 17.2 Å². The molecule has 0 spiro atoms. The number of anilines is 1. The molecule has 0 saturated heterocycles. The summed E-state index contributed by atoms with van der Waals surface area (Å²) in [6.45, 7) is 4.10. The molecule has 0 N–H and O–H groups in total. The van der Waals surface area contributed by atoms with Gasteiger partial charge in [-0.2, -0.15) is 0 Å². The average molecular weight is 470 g/mol. The first-order valence-corrected chi connectivity index (χ1v) is 11.2. The van der Waals surface area contributed by atoms with E-state index in [2.05, 4.69) is 13.8 Å². The summed E-state index contributed by atoms with van der Waals surface area (Å²) in [5.74, 6) is 0.932. The van der Waals surface area contributed by atoms with Gasteiger partial charge >= 0.3 is 0 Å². The van der Waals surface area contributed by atoms with Crippen LogP contribution in [0.4, 0.5) is 5.69 Å². The lowest BCUT2D eigenvalue weighted by Crippen LogP contribution is -2.43. The van der Waals surface area contributed by atoms with Gasteiger partial charge in [0, 0.05) is 40.6 Å². The Hall–Kier alpha value is -2.99. The second-order valence-electron chi connectivity index (χ2n) is 9.19.